The minimum atomic E-state index is -0.330. The van der Waals surface area contributed by atoms with E-state index in [2.05, 4.69) is 27.8 Å². The fourth-order valence-corrected chi connectivity index (χ4v) is 2.74. The Bertz CT molecular complexity index is 461. The number of hydrogen-bond donors (Lipinski definition) is 0. The second-order valence-electron chi connectivity index (χ2n) is 4.98. The third kappa shape index (κ3) is 3.47. The van der Waals surface area contributed by atoms with Crippen LogP contribution < -0.4 is 4.90 Å². The van der Waals surface area contributed by atoms with Crippen molar-refractivity contribution in [2.45, 2.75) is 44.0 Å². The number of non-ortho nitro benzene ring substituents is 1. The molecule has 104 valence electrons. The molecule has 0 bridgehead atoms. The van der Waals surface area contributed by atoms with Crippen molar-refractivity contribution in [1.82, 2.24) is 0 Å². The second kappa shape index (κ2) is 6.37. The Balaban J connectivity index is 2.27. The molecule has 0 aromatic heterocycles. The maximum atomic E-state index is 10.8. The Hall–Kier alpha value is -1.10. The van der Waals surface area contributed by atoms with Crippen molar-refractivity contribution in [3.8, 4) is 0 Å². The molecule has 1 saturated carbocycles. The average Bonchev–Trinajstić information content (AvgIpc) is 3.23. The number of nitro groups is 1. The Kier molecular flexibility index (Phi) is 4.80. The summed E-state index contributed by atoms with van der Waals surface area (Å²) in [7, 11) is 0. The molecule has 4 nitrogen and oxygen atoms in total. The Labute approximate surface area is 122 Å². The number of nitrogens with zero attached hydrogens (tertiary/aromatic N) is 2. The summed E-state index contributed by atoms with van der Waals surface area (Å²) in [4.78, 5) is 12.9. The number of hydrogen-bond acceptors (Lipinski definition) is 3. The van der Waals surface area contributed by atoms with Crippen LogP contribution in [0.4, 0.5) is 11.4 Å². The molecule has 1 aromatic rings. The van der Waals surface area contributed by atoms with Gasteiger partial charge < -0.3 is 4.90 Å². The van der Waals surface area contributed by atoms with E-state index in [1.165, 1.54) is 19.3 Å². The zero-order chi connectivity index (χ0) is 13.8. The number of unbranched alkanes of at least 4 members (excludes halogenated alkanes) is 1. The van der Waals surface area contributed by atoms with Gasteiger partial charge in [0.05, 0.1) is 4.92 Å². The van der Waals surface area contributed by atoms with Crippen LogP contribution in [0, 0.1) is 10.1 Å². The van der Waals surface area contributed by atoms with Crippen LogP contribution in [0.2, 0.25) is 0 Å². The lowest BCUT2D eigenvalue weighted by atomic mass is 10.1. The zero-order valence-electron chi connectivity index (χ0n) is 11.1. The summed E-state index contributed by atoms with van der Waals surface area (Å²) in [6.45, 7) is 3.23. The third-order valence-electron chi connectivity index (χ3n) is 3.47. The maximum absolute atomic E-state index is 10.8. The Morgan fingerprint density at radius 2 is 2.21 bits per heavy atom. The van der Waals surface area contributed by atoms with E-state index in [0.29, 0.717) is 11.4 Å². The Morgan fingerprint density at radius 3 is 2.74 bits per heavy atom. The molecule has 1 aliphatic carbocycles. The molecule has 0 aliphatic heterocycles. The monoisotopic (exact) mass is 326 g/mol. The zero-order valence-corrected chi connectivity index (χ0v) is 12.7. The number of rotatable bonds is 7. The highest BCUT2D eigenvalue weighted by molar-refractivity contribution is 9.08. The Morgan fingerprint density at radius 1 is 1.47 bits per heavy atom. The molecule has 1 aliphatic rings. The van der Waals surface area contributed by atoms with Crippen LogP contribution >= 0.6 is 15.9 Å². The molecule has 0 saturated heterocycles. The first-order chi connectivity index (χ1) is 9.17. The SMILES string of the molecule is CCCCN(c1ccc([N+](=O)[O-])cc1CBr)C1CC1. The number of nitro benzene ring substituents is 1. The van der Waals surface area contributed by atoms with Crippen molar-refractivity contribution in [3.05, 3.63) is 33.9 Å². The molecule has 19 heavy (non-hydrogen) atoms. The lowest BCUT2D eigenvalue weighted by molar-refractivity contribution is -0.384. The van der Waals surface area contributed by atoms with Gasteiger partial charge in [0.25, 0.3) is 5.69 Å². The van der Waals surface area contributed by atoms with Gasteiger partial charge in [-0.05, 0) is 30.9 Å². The number of anilines is 1. The fourth-order valence-electron chi connectivity index (χ4n) is 2.29. The number of benzene rings is 1. The van der Waals surface area contributed by atoms with Crippen molar-refractivity contribution in [2.75, 3.05) is 11.4 Å². The first-order valence-corrected chi connectivity index (χ1v) is 7.89. The van der Waals surface area contributed by atoms with Gasteiger partial charge in [0, 0.05) is 35.7 Å². The minimum absolute atomic E-state index is 0.171. The van der Waals surface area contributed by atoms with Gasteiger partial charge in [-0.15, -0.1) is 0 Å². The molecular weight excluding hydrogens is 308 g/mol. The summed E-state index contributed by atoms with van der Waals surface area (Å²) in [6.07, 6.45) is 4.81. The molecule has 0 N–H and O–H groups in total. The molecule has 1 aromatic carbocycles. The van der Waals surface area contributed by atoms with Crippen molar-refractivity contribution in [1.29, 1.82) is 0 Å². The van der Waals surface area contributed by atoms with E-state index < -0.39 is 0 Å². The van der Waals surface area contributed by atoms with Gasteiger partial charge in [-0.2, -0.15) is 0 Å². The van der Waals surface area contributed by atoms with Crippen LogP contribution in [-0.4, -0.2) is 17.5 Å². The maximum Gasteiger partial charge on any atom is 0.269 e. The van der Waals surface area contributed by atoms with Gasteiger partial charge in [-0.25, -0.2) is 0 Å². The predicted octanol–water partition coefficient (Wildman–Crippen LogP) is 4.26. The number of alkyl halides is 1. The normalized spacial score (nSPS) is 14.4. The molecular formula is C14H19BrN2O2. The largest absolute Gasteiger partial charge is 0.368 e. The summed E-state index contributed by atoms with van der Waals surface area (Å²) in [5.74, 6) is 0. The minimum Gasteiger partial charge on any atom is -0.368 e. The first kappa shape index (κ1) is 14.3. The summed E-state index contributed by atoms with van der Waals surface area (Å²) >= 11 is 3.45. The van der Waals surface area contributed by atoms with Crippen molar-refractivity contribution < 1.29 is 4.92 Å². The predicted molar refractivity (Wildman–Crippen MR) is 81.0 cm³/mol. The van der Waals surface area contributed by atoms with Gasteiger partial charge in [-0.1, -0.05) is 29.3 Å². The van der Waals surface area contributed by atoms with Gasteiger partial charge in [0.1, 0.15) is 0 Å². The molecule has 0 unspecified atom stereocenters. The van der Waals surface area contributed by atoms with Gasteiger partial charge in [0.15, 0.2) is 0 Å². The van der Waals surface area contributed by atoms with E-state index >= 15 is 0 Å². The summed E-state index contributed by atoms with van der Waals surface area (Å²) < 4.78 is 0. The summed E-state index contributed by atoms with van der Waals surface area (Å²) in [6, 6.07) is 5.84. The van der Waals surface area contributed by atoms with Crippen LogP contribution in [-0.2, 0) is 5.33 Å². The highest BCUT2D eigenvalue weighted by Crippen LogP contribution is 2.36. The number of halogens is 1. The summed E-state index contributed by atoms with van der Waals surface area (Å²) in [5, 5.41) is 11.5. The van der Waals surface area contributed by atoms with Crippen LogP contribution in [0.3, 0.4) is 0 Å². The van der Waals surface area contributed by atoms with Crippen molar-refractivity contribution in [3.63, 3.8) is 0 Å². The standard InChI is InChI=1S/C14H19BrN2O2/c1-2-3-8-16(12-4-5-12)14-7-6-13(17(18)19)9-11(14)10-15/h6-7,9,12H,2-5,8,10H2,1H3. The molecule has 1 fully saturated rings. The van der Waals surface area contributed by atoms with E-state index in [1.54, 1.807) is 12.1 Å². The fraction of sp³-hybridized carbons (Fsp3) is 0.571. The quantitative estimate of drug-likeness (QED) is 0.427. The molecule has 0 spiro atoms. The smallest absolute Gasteiger partial charge is 0.269 e. The van der Waals surface area contributed by atoms with Gasteiger partial charge >= 0.3 is 0 Å². The lowest BCUT2D eigenvalue weighted by Crippen LogP contribution is -2.27. The van der Waals surface area contributed by atoms with E-state index in [1.807, 2.05) is 6.07 Å². The van der Waals surface area contributed by atoms with E-state index in [0.717, 1.165) is 24.2 Å². The van der Waals surface area contributed by atoms with Crippen LogP contribution in [0.5, 0.6) is 0 Å². The lowest BCUT2D eigenvalue weighted by Gasteiger charge is -2.26. The van der Waals surface area contributed by atoms with Crippen molar-refractivity contribution in [2.24, 2.45) is 0 Å². The van der Waals surface area contributed by atoms with E-state index in [9.17, 15) is 10.1 Å². The second-order valence-corrected chi connectivity index (χ2v) is 5.54. The highest BCUT2D eigenvalue weighted by Gasteiger charge is 2.30. The molecule has 0 amide bonds. The topological polar surface area (TPSA) is 46.4 Å². The summed E-state index contributed by atoms with van der Waals surface area (Å²) in [5.41, 5.74) is 2.33. The molecule has 0 radical (unpaired) electrons. The highest BCUT2D eigenvalue weighted by atomic mass is 79.9. The van der Waals surface area contributed by atoms with E-state index in [-0.39, 0.29) is 10.6 Å². The van der Waals surface area contributed by atoms with E-state index in [4.69, 9.17) is 0 Å². The third-order valence-corrected chi connectivity index (χ3v) is 4.07. The molecule has 0 atom stereocenters. The van der Waals surface area contributed by atoms with Gasteiger partial charge in [-0.3, -0.25) is 10.1 Å². The first-order valence-electron chi connectivity index (χ1n) is 6.77. The van der Waals surface area contributed by atoms with Crippen molar-refractivity contribution >= 4 is 27.3 Å². The molecule has 5 heteroatoms. The van der Waals surface area contributed by atoms with Crippen LogP contribution in [0.25, 0.3) is 0 Å². The van der Waals surface area contributed by atoms with Gasteiger partial charge in [0.2, 0.25) is 0 Å². The van der Waals surface area contributed by atoms with Crippen LogP contribution in [0.1, 0.15) is 38.2 Å². The van der Waals surface area contributed by atoms with Crippen LogP contribution in [0.15, 0.2) is 18.2 Å². The molecule has 2 rings (SSSR count). The molecule has 0 heterocycles. The average molecular weight is 327 g/mol.